The molecular weight excluding hydrogens is 262 g/mol. The number of aromatic nitrogens is 1. The molecule has 0 fully saturated rings. The van der Waals surface area contributed by atoms with E-state index in [0.29, 0.717) is 18.0 Å². The van der Waals surface area contributed by atoms with Crippen LogP contribution in [0.5, 0.6) is 5.75 Å². The van der Waals surface area contributed by atoms with Gasteiger partial charge in [0.25, 0.3) is 0 Å². The Kier molecular flexibility index (Phi) is 3.49. The van der Waals surface area contributed by atoms with Crippen LogP contribution in [0.15, 0.2) is 24.3 Å². The summed E-state index contributed by atoms with van der Waals surface area (Å²) in [4.78, 5) is 4.40. The molecule has 4 nitrogen and oxygen atoms in total. The molecule has 2 aromatic rings. The van der Waals surface area contributed by atoms with Gasteiger partial charge in [-0.1, -0.05) is 18.2 Å². The predicted octanol–water partition coefficient (Wildman–Crippen LogP) is 3.09. The van der Waals surface area contributed by atoms with Crippen molar-refractivity contribution < 1.29 is 4.74 Å². The summed E-state index contributed by atoms with van der Waals surface area (Å²) in [5.41, 5.74) is 10.5. The van der Waals surface area contributed by atoms with Gasteiger partial charge in [-0.15, -0.1) is 0 Å². The van der Waals surface area contributed by atoms with Gasteiger partial charge >= 0.3 is 0 Å². The van der Waals surface area contributed by atoms with E-state index in [1.54, 1.807) is 0 Å². The fourth-order valence-corrected chi connectivity index (χ4v) is 2.97. The molecule has 3 rings (SSSR count). The molecule has 0 radical (unpaired) electrons. The number of hydrogen-bond donors (Lipinski definition) is 1. The van der Waals surface area contributed by atoms with Crippen molar-refractivity contribution in [3.8, 4) is 22.9 Å². The molecule has 1 aliphatic rings. The van der Waals surface area contributed by atoms with Gasteiger partial charge in [-0.25, -0.2) is 4.98 Å². The minimum atomic E-state index is 0.319. The molecule has 1 aromatic carbocycles. The minimum Gasteiger partial charge on any atom is -0.493 e. The maximum absolute atomic E-state index is 9.50. The van der Waals surface area contributed by atoms with Crippen LogP contribution in [0.3, 0.4) is 0 Å². The largest absolute Gasteiger partial charge is 0.493 e. The van der Waals surface area contributed by atoms with Crippen LogP contribution in [-0.2, 0) is 12.8 Å². The molecule has 0 spiro atoms. The molecule has 0 amide bonds. The average molecular weight is 279 g/mol. The van der Waals surface area contributed by atoms with Gasteiger partial charge in [0, 0.05) is 16.8 Å². The van der Waals surface area contributed by atoms with Gasteiger partial charge in [0.1, 0.15) is 23.2 Å². The summed E-state index contributed by atoms with van der Waals surface area (Å²) in [5, 5.41) is 9.50. The van der Waals surface area contributed by atoms with Crippen LogP contribution in [0.4, 0.5) is 5.82 Å². The average Bonchev–Trinajstić information content (AvgIpc) is 2.94. The van der Waals surface area contributed by atoms with Crippen molar-refractivity contribution >= 4 is 5.82 Å². The third kappa shape index (κ3) is 2.21. The van der Waals surface area contributed by atoms with Crippen molar-refractivity contribution in [2.75, 3.05) is 12.3 Å². The highest BCUT2D eigenvalue weighted by Gasteiger charge is 2.24. The molecule has 21 heavy (non-hydrogen) atoms. The number of pyridine rings is 1. The number of benzene rings is 1. The lowest BCUT2D eigenvalue weighted by Gasteiger charge is -2.16. The number of fused-ring (bicyclic) bond motifs is 1. The summed E-state index contributed by atoms with van der Waals surface area (Å²) in [6.45, 7) is 2.54. The van der Waals surface area contributed by atoms with Crippen LogP contribution in [0, 0.1) is 11.3 Å². The van der Waals surface area contributed by atoms with Gasteiger partial charge in [0.15, 0.2) is 0 Å². The van der Waals surface area contributed by atoms with Gasteiger partial charge in [0.2, 0.25) is 0 Å². The van der Waals surface area contributed by atoms with E-state index in [1.807, 2.05) is 31.2 Å². The molecule has 0 aliphatic heterocycles. The van der Waals surface area contributed by atoms with Crippen molar-refractivity contribution in [3.63, 3.8) is 0 Å². The lowest BCUT2D eigenvalue weighted by Crippen LogP contribution is -2.04. The predicted molar refractivity (Wildman–Crippen MR) is 82.0 cm³/mol. The fourth-order valence-electron chi connectivity index (χ4n) is 2.97. The van der Waals surface area contributed by atoms with E-state index in [1.165, 1.54) is 0 Å². The molecule has 0 unspecified atom stereocenters. The first-order valence-corrected chi connectivity index (χ1v) is 7.19. The van der Waals surface area contributed by atoms with Crippen LogP contribution in [-0.4, -0.2) is 11.6 Å². The minimum absolute atomic E-state index is 0.319. The lowest BCUT2D eigenvalue weighted by molar-refractivity contribution is 0.341. The number of hydrogen-bond acceptors (Lipinski definition) is 4. The normalized spacial score (nSPS) is 12.8. The molecular formula is C17H17N3O. The van der Waals surface area contributed by atoms with Crippen molar-refractivity contribution in [1.82, 2.24) is 4.98 Å². The Morgan fingerprint density at radius 2 is 2.14 bits per heavy atom. The van der Waals surface area contributed by atoms with Crippen LogP contribution >= 0.6 is 0 Å². The summed E-state index contributed by atoms with van der Waals surface area (Å²) in [6.07, 6.45) is 2.92. The van der Waals surface area contributed by atoms with Gasteiger partial charge in [-0.2, -0.15) is 5.26 Å². The zero-order valence-electron chi connectivity index (χ0n) is 12.0. The highest BCUT2D eigenvalue weighted by atomic mass is 16.5. The molecule has 0 saturated carbocycles. The number of para-hydroxylation sites is 1. The Balaban J connectivity index is 2.30. The topological polar surface area (TPSA) is 71.9 Å². The monoisotopic (exact) mass is 279 g/mol. The summed E-state index contributed by atoms with van der Waals surface area (Å²) in [6, 6.07) is 10.0. The number of nitriles is 1. The van der Waals surface area contributed by atoms with E-state index in [2.05, 4.69) is 11.1 Å². The second kappa shape index (κ2) is 5.45. The van der Waals surface area contributed by atoms with Crippen molar-refractivity contribution in [1.29, 1.82) is 5.26 Å². The van der Waals surface area contributed by atoms with Crippen LogP contribution in [0.1, 0.15) is 30.2 Å². The van der Waals surface area contributed by atoms with E-state index in [9.17, 15) is 5.26 Å². The Labute approximate surface area is 124 Å². The number of nitrogen functional groups attached to an aromatic ring is 1. The van der Waals surface area contributed by atoms with Crippen LogP contribution < -0.4 is 10.5 Å². The number of rotatable bonds is 3. The molecule has 2 N–H and O–H groups in total. The second-order valence-corrected chi connectivity index (χ2v) is 5.07. The van der Waals surface area contributed by atoms with E-state index < -0.39 is 0 Å². The number of nitrogens with zero attached hydrogens (tertiary/aromatic N) is 2. The van der Waals surface area contributed by atoms with Gasteiger partial charge < -0.3 is 10.5 Å². The maximum atomic E-state index is 9.50. The van der Waals surface area contributed by atoms with E-state index >= 15 is 0 Å². The van der Waals surface area contributed by atoms with E-state index in [4.69, 9.17) is 10.5 Å². The molecule has 0 saturated heterocycles. The molecule has 1 aliphatic carbocycles. The highest BCUT2D eigenvalue weighted by Crippen LogP contribution is 2.40. The zero-order chi connectivity index (χ0) is 14.8. The summed E-state index contributed by atoms with van der Waals surface area (Å²) >= 11 is 0. The number of ether oxygens (including phenoxy) is 1. The number of aryl methyl sites for hydroxylation is 1. The Bertz CT molecular complexity index is 731. The summed E-state index contributed by atoms with van der Waals surface area (Å²) in [7, 11) is 0. The third-order valence-corrected chi connectivity index (χ3v) is 3.82. The summed E-state index contributed by atoms with van der Waals surface area (Å²) in [5.74, 6) is 1.11. The first-order valence-electron chi connectivity index (χ1n) is 7.19. The maximum Gasteiger partial charge on any atom is 0.142 e. The molecule has 1 aromatic heterocycles. The summed E-state index contributed by atoms with van der Waals surface area (Å²) < 4.78 is 5.72. The zero-order valence-corrected chi connectivity index (χ0v) is 12.0. The smallest absolute Gasteiger partial charge is 0.142 e. The number of nitrogens with two attached hydrogens (primary N) is 1. The third-order valence-electron chi connectivity index (χ3n) is 3.82. The standard InChI is InChI=1S/C17H17N3O/c1-2-21-15-9-4-3-6-12(15)16-11-7-5-8-14(11)20-17(19)13(16)10-18/h3-4,6,9H,2,5,7-8H2,1H3,(H2,19,20). The van der Waals surface area contributed by atoms with Gasteiger partial charge in [0.05, 0.1) is 6.61 Å². The van der Waals surface area contributed by atoms with Crippen molar-refractivity contribution in [2.24, 2.45) is 0 Å². The number of anilines is 1. The van der Waals surface area contributed by atoms with Gasteiger partial charge in [-0.05, 0) is 37.8 Å². The van der Waals surface area contributed by atoms with E-state index in [0.717, 1.165) is 47.4 Å². The van der Waals surface area contributed by atoms with Crippen LogP contribution in [0.2, 0.25) is 0 Å². The Morgan fingerprint density at radius 3 is 2.90 bits per heavy atom. The molecule has 4 heteroatoms. The SMILES string of the molecule is CCOc1ccccc1-c1c(C#N)c(N)nc2c1CCC2. The molecule has 0 bridgehead atoms. The van der Waals surface area contributed by atoms with Gasteiger partial charge in [-0.3, -0.25) is 0 Å². The van der Waals surface area contributed by atoms with Crippen molar-refractivity contribution in [3.05, 3.63) is 41.1 Å². The second-order valence-electron chi connectivity index (χ2n) is 5.07. The highest BCUT2D eigenvalue weighted by molar-refractivity contribution is 5.83. The van der Waals surface area contributed by atoms with E-state index in [-0.39, 0.29) is 0 Å². The first-order chi connectivity index (χ1) is 10.3. The molecule has 0 atom stereocenters. The Morgan fingerprint density at radius 1 is 1.33 bits per heavy atom. The molecule has 106 valence electrons. The first kappa shape index (κ1) is 13.4. The molecule has 1 heterocycles. The van der Waals surface area contributed by atoms with Crippen LogP contribution in [0.25, 0.3) is 11.1 Å². The van der Waals surface area contributed by atoms with Crippen molar-refractivity contribution in [2.45, 2.75) is 26.2 Å². The fraction of sp³-hybridized carbons (Fsp3) is 0.294. The lowest BCUT2D eigenvalue weighted by atomic mass is 9.94. The quantitative estimate of drug-likeness (QED) is 0.937. The Hall–Kier alpha value is -2.54.